The number of carbonyl (C=O) groups excluding carboxylic acids is 2. The first-order valence-corrected chi connectivity index (χ1v) is 9.12. The minimum atomic E-state index is -0.322. The van der Waals surface area contributed by atoms with Crippen LogP contribution in [0.4, 0.5) is 0 Å². The van der Waals surface area contributed by atoms with Crippen LogP contribution in [0.3, 0.4) is 0 Å². The van der Waals surface area contributed by atoms with Crippen molar-refractivity contribution in [1.82, 2.24) is 4.90 Å². The predicted octanol–water partition coefficient (Wildman–Crippen LogP) is 3.35. The average molecular weight is 374 g/mol. The first-order valence-electron chi connectivity index (χ1n) is 7.76. The number of rotatable bonds is 6. The minimum Gasteiger partial charge on any atom is -0.396 e. The van der Waals surface area contributed by atoms with Gasteiger partial charge in [0.25, 0.3) is 11.8 Å². The Labute approximate surface area is 155 Å². The number of benzene rings is 2. The van der Waals surface area contributed by atoms with Gasteiger partial charge in [0.15, 0.2) is 0 Å². The summed E-state index contributed by atoms with van der Waals surface area (Å²) in [5, 5.41) is 9.70. The highest BCUT2D eigenvalue weighted by Crippen LogP contribution is 2.36. The van der Waals surface area contributed by atoms with Crippen molar-refractivity contribution < 1.29 is 14.7 Å². The lowest BCUT2D eigenvalue weighted by Gasteiger charge is -2.15. The van der Waals surface area contributed by atoms with E-state index in [0.717, 1.165) is 5.56 Å². The molecule has 0 fully saturated rings. The molecule has 0 bridgehead atoms. The predicted molar refractivity (Wildman–Crippen MR) is 99.9 cm³/mol. The zero-order valence-corrected chi connectivity index (χ0v) is 14.9. The van der Waals surface area contributed by atoms with Gasteiger partial charge in [0.1, 0.15) is 0 Å². The maximum Gasteiger partial charge on any atom is 0.268 e. The molecule has 2 aromatic rings. The third-order valence-corrected chi connectivity index (χ3v) is 5.09. The summed E-state index contributed by atoms with van der Waals surface area (Å²) in [7, 11) is 0. The molecule has 4 nitrogen and oxygen atoms in total. The SMILES string of the molecule is O=C1C(SCCO)=C(c2ccccc2)C(=O)N1Cc1ccc(Cl)cc1. The van der Waals surface area contributed by atoms with E-state index in [9.17, 15) is 9.59 Å². The normalized spacial score (nSPS) is 14.6. The van der Waals surface area contributed by atoms with Gasteiger partial charge in [0.2, 0.25) is 0 Å². The molecule has 0 atom stereocenters. The van der Waals surface area contributed by atoms with Gasteiger partial charge in [-0.1, -0.05) is 54.1 Å². The molecule has 0 spiro atoms. The van der Waals surface area contributed by atoms with Crippen LogP contribution >= 0.6 is 23.4 Å². The van der Waals surface area contributed by atoms with E-state index in [-0.39, 0.29) is 25.0 Å². The van der Waals surface area contributed by atoms with Crippen molar-refractivity contribution in [2.24, 2.45) is 0 Å². The van der Waals surface area contributed by atoms with Gasteiger partial charge >= 0.3 is 0 Å². The average Bonchev–Trinajstić information content (AvgIpc) is 2.86. The molecule has 1 aliphatic rings. The molecule has 3 rings (SSSR count). The number of nitrogens with zero attached hydrogens (tertiary/aromatic N) is 1. The molecule has 2 aromatic carbocycles. The van der Waals surface area contributed by atoms with E-state index < -0.39 is 0 Å². The van der Waals surface area contributed by atoms with Crippen molar-refractivity contribution >= 4 is 40.8 Å². The number of hydrogen-bond donors (Lipinski definition) is 1. The Hall–Kier alpha value is -2.08. The van der Waals surface area contributed by atoms with Crippen molar-refractivity contribution in [3.8, 4) is 0 Å². The molecule has 0 unspecified atom stereocenters. The molecule has 0 aromatic heterocycles. The molecule has 6 heteroatoms. The highest BCUT2D eigenvalue weighted by atomic mass is 35.5. The van der Waals surface area contributed by atoms with E-state index in [1.165, 1.54) is 16.7 Å². The molecule has 25 heavy (non-hydrogen) atoms. The van der Waals surface area contributed by atoms with Crippen LogP contribution < -0.4 is 0 Å². The van der Waals surface area contributed by atoms with Gasteiger partial charge in [-0.05, 0) is 23.3 Å². The van der Waals surface area contributed by atoms with Crippen LogP contribution in [0.1, 0.15) is 11.1 Å². The molecular formula is C19H16ClNO3S. The number of imide groups is 1. The smallest absolute Gasteiger partial charge is 0.268 e. The van der Waals surface area contributed by atoms with Gasteiger partial charge < -0.3 is 5.11 Å². The van der Waals surface area contributed by atoms with Crippen LogP contribution in [0.15, 0.2) is 59.5 Å². The van der Waals surface area contributed by atoms with E-state index in [1.807, 2.05) is 30.3 Å². The molecule has 1 heterocycles. The molecule has 1 aliphatic heterocycles. The van der Waals surface area contributed by atoms with Gasteiger partial charge in [0.05, 0.1) is 23.6 Å². The van der Waals surface area contributed by atoms with Gasteiger partial charge in [-0.3, -0.25) is 14.5 Å². The molecule has 2 amide bonds. The summed E-state index contributed by atoms with van der Waals surface area (Å²) >= 11 is 7.10. The van der Waals surface area contributed by atoms with Crippen molar-refractivity contribution in [3.05, 3.63) is 75.7 Å². The molecule has 0 saturated heterocycles. The number of carbonyl (C=O) groups is 2. The fourth-order valence-corrected chi connectivity index (χ4v) is 3.62. The van der Waals surface area contributed by atoms with Crippen LogP contribution in [0, 0.1) is 0 Å². The molecule has 0 aliphatic carbocycles. The topological polar surface area (TPSA) is 57.6 Å². The van der Waals surface area contributed by atoms with Crippen LogP contribution in [0.5, 0.6) is 0 Å². The first kappa shape index (κ1) is 17.7. The Bertz CT molecular complexity index is 818. The van der Waals surface area contributed by atoms with Crippen molar-refractivity contribution in [1.29, 1.82) is 0 Å². The Morgan fingerprint density at radius 2 is 1.64 bits per heavy atom. The number of hydrogen-bond acceptors (Lipinski definition) is 4. The second-order valence-electron chi connectivity index (χ2n) is 5.47. The van der Waals surface area contributed by atoms with Crippen molar-refractivity contribution in [2.45, 2.75) is 6.54 Å². The summed E-state index contributed by atoms with van der Waals surface area (Å²) in [5.74, 6) is -0.275. The third kappa shape index (κ3) is 3.79. The summed E-state index contributed by atoms with van der Waals surface area (Å²) in [5.41, 5.74) is 1.94. The van der Waals surface area contributed by atoms with Gasteiger partial charge in [-0.15, -0.1) is 11.8 Å². The van der Waals surface area contributed by atoms with Crippen molar-refractivity contribution in [2.75, 3.05) is 12.4 Å². The third-order valence-electron chi connectivity index (χ3n) is 3.78. The molecular weight excluding hydrogens is 358 g/mol. The van der Waals surface area contributed by atoms with Gasteiger partial charge in [-0.2, -0.15) is 0 Å². The lowest BCUT2D eigenvalue weighted by molar-refractivity contribution is -0.137. The van der Waals surface area contributed by atoms with Crippen LogP contribution in [-0.2, 0) is 16.1 Å². The fraction of sp³-hybridized carbons (Fsp3) is 0.158. The van der Waals surface area contributed by atoms with E-state index in [2.05, 4.69) is 0 Å². The maximum absolute atomic E-state index is 12.9. The molecule has 0 radical (unpaired) electrons. The quantitative estimate of drug-likeness (QED) is 0.789. The van der Waals surface area contributed by atoms with Crippen molar-refractivity contribution in [3.63, 3.8) is 0 Å². The number of amides is 2. The number of aliphatic hydroxyl groups excluding tert-OH is 1. The summed E-state index contributed by atoms with van der Waals surface area (Å²) < 4.78 is 0. The summed E-state index contributed by atoms with van der Waals surface area (Å²) in [4.78, 5) is 27.3. The van der Waals surface area contributed by atoms with Crippen LogP contribution in [0.25, 0.3) is 5.57 Å². The highest BCUT2D eigenvalue weighted by molar-refractivity contribution is 8.04. The second-order valence-corrected chi connectivity index (χ2v) is 7.01. The minimum absolute atomic E-state index is 0.0606. The van der Waals surface area contributed by atoms with E-state index in [0.29, 0.717) is 26.8 Å². The number of thioether (sulfide) groups is 1. The Balaban J connectivity index is 1.93. The Morgan fingerprint density at radius 3 is 2.28 bits per heavy atom. The number of aliphatic hydroxyl groups is 1. The standard InChI is InChI=1S/C19H16ClNO3S/c20-15-8-6-13(7-9-15)12-21-18(23)16(14-4-2-1-3-5-14)17(19(21)24)25-11-10-22/h1-9,22H,10-12H2. The Morgan fingerprint density at radius 1 is 0.960 bits per heavy atom. The summed E-state index contributed by atoms with van der Waals surface area (Å²) in [6.45, 7) is 0.128. The second kappa shape index (κ2) is 7.87. The Kier molecular flexibility index (Phi) is 5.58. The monoisotopic (exact) mass is 373 g/mol. The zero-order chi connectivity index (χ0) is 17.8. The van der Waals surface area contributed by atoms with Gasteiger partial charge in [-0.25, -0.2) is 0 Å². The summed E-state index contributed by atoms with van der Waals surface area (Å²) in [6.07, 6.45) is 0. The molecule has 1 N–H and O–H groups in total. The maximum atomic E-state index is 12.9. The fourth-order valence-electron chi connectivity index (χ4n) is 2.61. The highest BCUT2D eigenvalue weighted by Gasteiger charge is 2.38. The molecule has 128 valence electrons. The zero-order valence-electron chi connectivity index (χ0n) is 13.3. The van der Waals surface area contributed by atoms with Gasteiger partial charge in [0, 0.05) is 10.8 Å². The summed E-state index contributed by atoms with van der Waals surface area (Å²) in [6, 6.07) is 16.2. The molecule has 0 saturated carbocycles. The lowest BCUT2D eigenvalue weighted by atomic mass is 10.1. The van der Waals surface area contributed by atoms with E-state index >= 15 is 0 Å². The number of halogens is 1. The van der Waals surface area contributed by atoms with E-state index in [4.69, 9.17) is 16.7 Å². The van der Waals surface area contributed by atoms with E-state index in [1.54, 1.807) is 24.3 Å². The van der Waals surface area contributed by atoms with Crippen LogP contribution in [0.2, 0.25) is 5.02 Å². The van der Waals surface area contributed by atoms with Crippen LogP contribution in [-0.4, -0.2) is 34.2 Å². The largest absolute Gasteiger partial charge is 0.396 e. The lowest BCUT2D eigenvalue weighted by Crippen LogP contribution is -2.30. The first-order chi connectivity index (χ1) is 12.1.